The van der Waals surface area contributed by atoms with Crippen molar-refractivity contribution in [3.8, 4) is 28.1 Å². The third-order valence-corrected chi connectivity index (χ3v) is 9.72. The summed E-state index contributed by atoms with van der Waals surface area (Å²) in [6.45, 7) is 0. The molecule has 1 aliphatic carbocycles. The van der Waals surface area contributed by atoms with Crippen molar-refractivity contribution < 1.29 is 0 Å². The Kier molecular flexibility index (Phi) is 5.90. The maximum atomic E-state index is 5.25. The first-order valence-corrected chi connectivity index (χ1v) is 16.4. The van der Waals surface area contributed by atoms with Gasteiger partial charge < -0.3 is 4.57 Å². The predicted molar refractivity (Wildman–Crippen MR) is 199 cm³/mol. The average molecular weight is 614 g/mol. The van der Waals surface area contributed by atoms with Gasteiger partial charge in [0.05, 0.1) is 28.0 Å². The summed E-state index contributed by atoms with van der Waals surface area (Å²) in [6, 6.07) is 51.8. The normalized spacial score (nSPS) is 15.0. The standard InChI is InChI=1S/C44H29N4/c1-3-13-29(14-4-1)43-35-19-7-10-20-38(35)45-44(46-43)48-40-22-12-9-18-34(40)37-28-31(24-26-42(37)48)30-23-25-41-36(27-30)33-17-8-11-21-39(33)47(41)32-15-5-2-6-16-32/h1-28,34H/q+1. The Hall–Kier alpha value is -6.39. The van der Waals surface area contributed by atoms with Crippen LogP contribution in [0.4, 0.5) is 11.6 Å². The predicted octanol–water partition coefficient (Wildman–Crippen LogP) is 10.6. The van der Waals surface area contributed by atoms with E-state index >= 15 is 0 Å². The van der Waals surface area contributed by atoms with E-state index in [1.165, 1.54) is 49.9 Å². The third-order valence-electron chi connectivity index (χ3n) is 9.72. The Bertz CT molecular complexity index is 2660. The summed E-state index contributed by atoms with van der Waals surface area (Å²) in [5, 5.41) is 3.55. The smallest absolute Gasteiger partial charge is 0.309 e. The van der Waals surface area contributed by atoms with E-state index in [2.05, 4.69) is 167 Å². The minimum atomic E-state index is 0.115. The summed E-state index contributed by atoms with van der Waals surface area (Å²) < 4.78 is 4.61. The number of fused-ring (bicyclic) bond motifs is 7. The molecular formula is C44H29N4+. The van der Waals surface area contributed by atoms with Crippen molar-refractivity contribution in [2.75, 3.05) is 0 Å². The molecule has 224 valence electrons. The van der Waals surface area contributed by atoms with Gasteiger partial charge in [-0.2, -0.15) is 4.58 Å². The fourth-order valence-electron chi connectivity index (χ4n) is 7.55. The van der Waals surface area contributed by atoms with Gasteiger partial charge in [-0.1, -0.05) is 119 Å². The number of para-hydroxylation sites is 3. The van der Waals surface area contributed by atoms with Crippen molar-refractivity contribution in [1.82, 2.24) is 19.1 Å². The van der Waals surface area contributed by atoms with Gasteiger partial charge >= 0.3 is 5.95 Å². The molecule has 0 amide bonds. The zero-order valence-electron chi connectivity index (χ0n) is 26.0. The average Bonchev–Trinajstić information content (AvgIpc) is 3.67. The van der Waals surface area contributed by atoms with Crippen LogP contribution in [0.1, 0.15) is 11.5 Å². The lowest BCUT2D eigenvalue weighted by molar-refractivity contribution is 0.979. The zero-order valence-corrected chi connectivity index (χ0v) is 26.0. The van der Waals surface area contributed by atoms with Crippen LogP contribution in [0.5, 0.6) is 0 Å². The molecule has 0 spiro atoms. The number of hydrogen-bond acceptors (Lipinski definition) is 2. The van der Waals surface area contributed by atoms with Gasteiger partial charge in [-0.05, 0) is 71.8 Å². The fraction of sp³-hybridized carbons (Fsp3) is 0.0227. The Morgan fingerprint density at radius 1 is 0.542 bits per heavy atom. The van der Waals surface area contributed by atoms with Gasteiger partial charge in [-0.25, -0.2) is 0 Å². The van der Waals surface area contributed by atoms with Crippen LogP contribution in [0.2, 0.25) is 0 Å². The van der Waals surface area contributed by atoms with E-state index < -0.39 is 0 Å². The topological polar surface area (TPSA) is 33.7 Å². The molecule has 0 saturated carbocycles. The molecule has 1 aliphatic heterocycles. The number of nitrogens with zero attached hydrogens (tertiary/aromatic N) is 4. The van der Waals surface area contributed by atoms with Gasteiger partial charge in [-0.3, -0.25) is 0 Å². The quantitative estimate of drug-likeness (QED) is 0.185. The van der Waals surface area contributed by atoms with Gasteiger partial charge in [0.2, 0.25) is 0 Å². The summed E-state index contributed by atoms with van der Waals surface area (Å²) in [7, 11) is 0. The molecule has 0 fully saturated rings. The number of allylic oxidation sites excluding steroid dienone is 4. The van der Waals surface area contributed by atoms with Crippen LogP contribution in [0, 0.1) is 0 Å². The lowest BCUT2D eigenvalue weighted by atomic mass is 9.90. The first-order valence-electron chi connectivity index (χ1n) is 16.4. The fourth-order valence-corrected chi connectivity index (χ4v) is 7.55. The van der Waals surface area contributed by atoms with Gasteiger partial charge in [-0.15, -0.1) is 0 Å². The lowest BCUT2D eigenvalue weighted by Crippen LogP contribution is -2.16. The summed E-state index contributed by atoms with van der Waals surface area (Å²) in [4.78, 5) is 10.4. The van der Waals surface area contributed by atoms with Crippen molar-refractivity contribution >= 4 is 50.1 Å². The molecule has 1 atom stereocenters. The summed E-state index contributed by atoms with van der Waals surface area (Å²) >= 11 is 0. The molecule has 6 aromatic carbocycles. The number of aromatic nitrogens is 3. The minimum Gasteiger partial charge on any atom is -0.309 e. The van der Waals surface area contributed by atoms with E-state index in [9.17, 15) is 0 Å². The third kappa shape index (κ3) is 4.06. The Labute approximate surface area is 277 Å². The van der Waals surface area contributed by atoms with E-state index in [1.54, 1.807) is 0 Å². The molecule has 3 heterocycles. The molecule has 0 N–H and O–H groups in total. The van der Waals surface area contributed by atoms with E-state index in [4.69, 9.17) is 9.97 Å². The number of benzene rings is 6. The molecule has 10 rings (SSSR count). The molecule has 48 heavy (non-hydrogen) atoms. The van der Waals surface area contributed by atoms with Crippen molar-refractivity contribution in [3.05, 3.63) is 175 Å². The van der Waals surface area contributed by atoms with Gasteiger partial charge in [0.25, 0.3) is 0 Å². The van der Waals surface area contributed by atoms with E-state index in [1.807, 2.05) is 12.1 Å². The highest BCUT2D eigenvalue weighted by Gasteiger charge is 2.36. The SMILES string of the molecule is C1=CC2=[N+](c3nc(-c4ccccc4)c4ccccc4n3)c3ccc(-c4ccc5c(c4)c4ccccc4n5-c4ccccc4)cc3C2C=C1. The highest BCUT2D eigenvalue weighted by atomic mass is 15.2. The zero-order chi connectivity index (χ0) is 31.6. The second-order valence-electron chi connectivity index (χ2n) is 12.4. The summed E-state index contributed by atoms with van der Waals surface area (Å²) in [5.74, 6) is 0.804. The van der Waals surface area contributed by atoms with E-state index in [0.29, 0.717) is 5.95 Å². The second kappa shape index (κ2) is 10.6. The summed E-state index contributed by atoms with van der Waals surface area (Å²) in [6.07, 6.45) is 8.75. The van der Waals surface area contributed by atoms with Crippen LogP contribution in [-0.2, 0) is 0 Å². The maximum absolute atomic E-state index is 5.25. The van der Waals surface area contributed by atoms with Crippen LogP contribution < -0.4 is 4.58 Å². The van der Waals surface area contributed by atoms with Gasteiger partial charge in [0.1, 0.15) is 5.69 Å². The first-order chi connectivity index (χ1) is 23.8. The number of rotatable bonds is 4. The molecule has 4 heteroatoms. The van der Waals surface area contributed by atoms with Crippen LogP contribution in [0.15, 0.2) is 170 Å². The van der Waals surface area contributed by atoms with Crippen molar-refractivity contribution in [1.29, 1.82) is 0 Å². The minimum absolute atomic E-state index is 0.115. The molecule has 2 aromatic heterocycles. The lowest BCUT2D eigenvalue weighted by Gasteiger charge is -2.11. The number of hydrogen-bond donors (Lipinski definition) is 0. The van der Waals surface area contributed by atoms with Gasteiger partial charge in [0, 0.05) is 27.6 Å². The highest BCUT2D eigenvalue weighted by Crippen LogP contribution is 2.43. The van der Waals surface area contributed by atoms with Crippen LogP contribution in [0.3, 0.4) is 0 Å². The molecular weight excluding hydrogens is 585 g/mol. The largest absolute Gasteiger partial charge is 0.439 e. The first kappa shape index (κ1) is 26.8. The molecule has 8 aromatic rings. The summed E-state index contributed by atoms with van der Waals surface area (Å²) in [5.41, 5.74) is 12.5. The molecule has 0 bridgehead atoms. The Balaban J connectivity index is 1.13. The molecule has 1 unspecified atom stereocenters. The van der Waals surface area contributed by atoms with Crippen LogP contribution in [0.25, 0.3) is 60.8 Å². The maximum Gasteiger partial charge on any atom is 0.439 e. The van der Waals surface area contributed by atoms with Crippen LogP contribution in [-0.4, -0.2) is 20.2 Å². The van der Waals surface area contributed by atoms with E-state index in [-0.39, 0.29) is 5.92 Å². The Morgan fingerprint density at radius 2 is 1.25 bits per heavy atom. The molecule has 0 saturated heterocycles. The molecule has 2 aliphatic rings. The van der Waals surface area contributed by atoms with Crippen molar-refractivity contribution in [2.45, 2.75) is 5.92 Å². The molecule has 4 nitrogen and oxygen atoms in total. The van der Waals surface area contributed by atoms with Crippen LogP contribution >= 0.6 is 0 Å². The van der Waals surface area contributed by atoms with E-state index in [0.717, 1.165) is 27.8 Å². The monoisotopic (exact) mass is 613 g/mol. The van der Waals surface area contributed by atoms with Gasteiger partial charge in [0.15, 0.2) is 11.2 Å². The Morgan fingerprint density at radius 3 is 2.12 bits per heavy atom. The van der Waals surface area contributed by atoms with Crippen molar-refractivity contribution in [2.24, 2.45) is 0 Å². The second-order valence-corrected chi connectivity index (χ2v) is 12.4. The highest BCUT2D eigenvalue weighted by molar-refractivity contribution is 6.12. The van der Waals surface area contributed by atoms with Crippen molar-refractivity contribution in [3.63, 3.8) is 0 Å². The molecule has 0 radical (unpaired) electrons.